The number of nitro groups is 1. The molecule has 0 amide bonds. The summed E-state index contributed by atoms with van der Waals surface area (Å²) in [6, 6.07) is 4.62. The first-order chi connectivity index (χ1) is 8.43. The van der Waals surface area contributed by atoms with E-state index in [9.17, 15) is 10.1 Å². The fourth-order valence-corrected chi connectivity index (χ4v) is 1.91. The molecule has 0 unspecified atom stereocenters. The molecule has 100 valence electrons. The van der Waals surface area contributed by atoms with Gasteiger partial charge in [-0.2, -0.15) is 0 Å². The molecule has 0 fully saturated rings. The Labute approximate surface area is 108 Å². The third-order valence-electron chi connectivity index (χ3n) is 2.80. The number of nitro benzene ring substituents is 1. The van der Waals surface area contributed by atoms with E-state index >= 15 is 0 Å². The van der Waals surface area contributed by atoms with Crippen LogP contribution in [0.1, 0.15) is 26.3 Å². The summed E-state index contributed by atoms with van der Waals surface area (Å²) >= 11 is 0. The summed E-state index contributed by atoms with van der Waals surface area (Å²) in [5.41, 5.74) is 7.41. The molecule has 0 atom stereocenters. The predicted octanol–water partition coefficient (Wildman–Crippen LogP) is 2.65. The quantitative estimate of drug-likeness (QED) is 0.479. The van der Waals surface area contributed by atoms with Crippen LogP contribution in [0.2, 0.25) is 0 Å². The Balaban J connectivity index is 2.87. The van der Waals surface area contributed by atoms with Gasteiger partial charge in [0.1, 0.15) is 0 Å². The van der Waals surface area contributed by atoms with Crippen LogP contribution in [0.5, 0.6) is 0 Å². The van der Waals surface area contributed by atoms with Crippen molar-refractivity contribution in [2.75, 3.05) is 18.8 Å². The van der Waals surface area contributed by atoms with Crippen LogP contribution in [0.25, 0.3) is 0 Å². The lowest BCUT2D eigenvalue weighted by molar-refractivity contribution is -0.384. The van der Waals surface area contributed by atoms with Crippen molar-refractivity contribution < 1.29 is 4.92 Å². The number of nitrogens with two attached hydrogens (primary N) is 1. The Morgan fingerprint density at radius 3 is 2.61 bits per heavy atom. The van der Waals surface area contributed by atoms with Crippen LogP contribution in [0, 0.1) is 16.0 Å². The van der Waals surface area contributed by atoms with Crippen LogP contribution in [0.4, 0.5) is 11.4 Å². The average Bonchev–Trinajstić information content (AvgIpc) is 2.29. The number of anilines is 1. The Morgan fingerprint density at radius 1 is 1.44 bits per heavy atom. The predicted molar refractivity (Wildman–Crippen MR) is 73.3 cm³/mol. The van der Waals surface area contributed by atoms with E-state index in [1.807, 2.05) is 0 Å². The second kappa shape index (κ2) is 6.35. The minimum Gasteiger partial charge on any atom is -0.398 e. The van der Waals surface area contributed by atoms with Gasteiger partial charge in [0.15, 0.2) is 0 Å². The minimum absolute atomic E-state index is 0.0970. The van der Waals surface area contributed by atoms with Crippen LogP contribution in [-0.2, 0) is 6.54 Å². The topological polar surface area (TPSA) is 72.4 Å². The van der Waals surface area contributed by atoms with Crippen LogP contribution in [0.15, 0.2) is 18.2 Å². The van der Waals surface area contributed by atoms with Crippen molar-refractivity contribution in [3.05, 3.63) is 33.9 Å². The lowest BCUT2D eigenvalue weighted by Crippen LogP contribution is -2.27. The largest absolute Gasteiger partial charge is 0.398 e. The number of nitrogens with zero attached hydrogens (tertiary/aromatic N) is 2. The van der Waals surface area contributed by atoms with Crippen molar-refractivity contribution in [2.24, 2.45) is 5.92 Å². The summed E-state index contributed by atoms with van der Waals surface area (Å²) in [5.74, 6) is 0.560. The lowest BCUT2D eigenvalue weighted by Gasteiger charge is -2.23. The zero-order valence-electron chi connectivity index (χ0n) is 11.2. The van der Waals surface area contributed by atoms with E-state index in [-0.39, 0.29) is 10.6 Å². The van der Waals surface area contributed by atoms with Gasteiger partial charge in [-0.15, -0.1) is 0 Å². The first-order valence-corrected chi connectivity index (χ1v) is 6.19. The molecule has 5 nitrogen and oxygen atoms in total. The number of benzene rings is 1. The molecule has 0 aliphatic carbocycles. The summed E-state index contributed by atoms with van der Waals surface area (Å²) in [5, 5.41) is 10.7. The van der Waals surface area contributed by atoms with Crippen molar-refractivity contribution in [1.29, 1.82) is 0 Å². The van der Waals surface area contributed by atoms with Crippen molar-refractivity contribution in [3.63, 3.8) is 0 Å². The molecule has 0 aromatic heterocycles. The van der Waals surface area contributed by atoms with E-state index < -0.39 is 0 Å². The number of rotatable bonds is 6. The maximum absolute atomic E-state index is 10.7. The summed E-state index contributed by atoms with van der Waals surface area (Å²) in [6.45, 7) is 8.90. The van der Waals surface area contributed by atoms with E-state index in [1.54, 1.807) is 12.1 Å². The molecule has 1 aromatic rings. The Morgan fingerprint density at radius 2 is 2.11 bits per heavy atom. The number of hydrogen-bond acceptors (Lipinski definition) is 4. The summed E-state index contributed by atoms with van der Waals surface area (Å²) in [6.07, 6.45) is 0. The first kappa shape index (κ1) is 14.4. The highest BCUT2D eigenvalue weighted by Crippen LogP contribution is 2.21. The van der Waals surface area contributed by atoms with Gasteiger partial charge >= 0.3 is 0 Å². The molecule has 0 heterocycles. The second-order valence-electron chi connectivity index (χ2n) is 4.86. The third kappa shape index (κ3) is 4.00. The molecule has 1 rings (SSSR count). The zero-order chi connectivity index (χ0) is 13.7. The van der Waals surface area contributed by atoms with Crippen LogP contribution in [-0.4, -0.2) is 22.9 Å². The van der Waals surface area contributed by atoms with Gasteiger partial charge in [-0.1, -0.05) is 20.8 Å². The zero-order valence-corrected chi connectivity index (χ0v) is 11.2. The highest BCUT2D eigenvalue weighted by Gasteiger charge is 2.12. The van der Waals surface area contributed by atoms with E-state index in [0.717, 1.165) is 18.7 Å². The molecular formula is C13H21N3O2. The number of nitrogen functional groups attached to an aromatic ring is 1. The van der Waals surface area contributed by atoms with Gasteiger partial charge in [-0.25, -0.2) is 0 Å². The van der Waals surface area contributed by atoms with Gasteiger partial charge in [0.05, 0.1) is 4.92 Å². The molecule has 1 aromatic carbocycles. The van der Waals surface area contributed by atoms with Crippen molar-refractivity contribution >= 4 is 11.4 Å². The third-order valence-corrected chi connectivity index (χ3v) is 2.80. The van der Waals surface area contributed by atoms with Crippen LogP contribution >= 0.6 is 0 Å². The van der Waals surface area contributed by atoms with Crippen LogP contribution in [0.3, 0.4) is 0 Å². The molecule has 0 aliphatic heterocycles. The average molecular weight is 251 g/mol. The molecular weight excluding hydrogens is 230 g/mol. The maximum Gasteiger partial charge on any atom is 0.269 e. The van der Waals surface area contributed by atoms with Gasteiger partial charge in [-0.3, -0.25) is 15.0 Å². The minimum atomic E-state index is -0.387. The van der Waals surface area contributed by atoms with Gasteiger partial charge < -0.3 is 5.73 Å². The Hall–Kier alpha value is -1.62. The van der Waals surface area contributed by atoms with Gasteiger partial charge in [0.2, 0.25) is 0 Å². The normalized spacial score (nSPS) is 11.2. The van der Waals surface area contributed by atoms with Crippen molar-refractivity contribution in [3.8, 4) is 0 Å². The SMILES string of the molecule is CCN(Cc1cc([N+](=O)[O-])ccc1N)CC(C)C. The maximum atomic E-state index is 10.7. The highest BCUT2D eigenvalue weighted by atomic mass is 16.6. The number of non-ortho nitro benzene ring substituents is 1. The summed E-state index contributed by atoms with van der Waals surface area (Å²) in [4.78, 5) is 12.6. The Kier molecular flexibility index (Phi) is 5.09. The monoisotopic (exact) mass is 251 g/mol. The van der Waals surface area contributed by atoms with E-state index in [0.29, 0.717) is 18.2 Å². The van der Waals surface area contributed by atoms with Crippen molar-refractivity contribution in [2.45, 2.75) is 27.3 Å². The fraction of sp³-hybridized carbons (Fsp3) is 0.538. The molecule has 2 N–H and O–H groups in total. The van der Waals surface area contributed by atoms with E-state index in [4.69, 9.17) is 5.73 Å². The first-order valence-electron chi connectivity index (χ1n) is 6.19. The molecule has 0 saturated heterocycles. The molecule has 18 heavy (non-hydrogen) atoms. The fourth-order valence-electron chi connectivity index (χ4n) is 1.91. The van der Waals surface area contributed by atoms with Gasteiger partial charge in [0.25, 0.3) is 5.69 Å². The summed E-state index contributed by atoms with van der Waals surface area (Å²) < 4.78 is 0. The molecule has 5 heteroatoms. The van der Waals surface area contributed by atoms with Crippen molar-refractivity contribution in [1.82, 2.24) is 4.90 Å². The molecule has 0 bridgehead atoms. The smallest absolute Gasteiger partial charge is 0.269 e. The standard InChI is InChI=1S/C13H21N3O2/c1-4-15(8-10(2)3)9-11-7-12(16(17)18)5-6-13(11)14/h5-7,10H,4,8-9,14H2,1-3H3. The highest BCUT2D eigenvalue weighted by molar-refractivity contribution is 5.52. The van der Waals surface area contributed by atoms with Gasteiger partial charge in [0, 0.05) is 30.9 Å². The van der Waals surface area contributed by atoms with E-state index in [1.165, 1.54) is 6.07 Å². The molecule has 0 saturated carbocycles. The molecule has 0 aliphatic rings. The molecule has 0 radical (unpaired) electrons. The molecule has 0 spiro atoms. The number of hydrogen-bond donors (Lipinski definition) is 1. The lowest BCUT2D eigenvalue weighted by atomic mass is 10.1. The second-order valence-corrected chi connectivity index (χ2v) is 4.86. The van der Waals surface area contributed by atoms with Gasteiger partial charge in [-0.05, 0) is 24.1 Å². The Bertz CT molecular complexity index is 419. The van der Waals surface area contributed by atoms with Crippen LogP contribution < -0.4 is 5.73 Å². The van der Waals surface area contributed by atoms with E-state index in [2.05, 4.69) is 25.7 Å². The summed E-state index contributed by atoms with van der Waals surface area (Å²) in [7, 11) is 0.